The smallest absolute Gasteiger partial charge is 0.0318 e. The van der Waals surface area contributed by atoms with Crippen LogP contribution in [-0.2, 0) is 0 Å². The summed E-state index contributed by atoms with van der Waals surface area (Å²) in [5.74, 6) is 0. The molecule has 0 aromatic carbocycles. The van der Waals surface area contributed by atoms with E-state index in [4.69, 9.17) is 0 Å². The first-order valence-electron chi connectivity index (χ1n) is 4.08. The molecule has 0 aliphatic heterocycles. The first-order valence-corrected chi connectivity index (χ1v) is 4.08. The average Bonchev–Trinajstić information content (AvgIpc) is 1.56. The summed E-state index contributed by atoms with van der Waals surface area (Å²) in [4.78, 5) is 0. The maximum Gasteiger partial charge on any atom is -0.0318 e. The van der Waals surface area contributed by atoms with Gasteiger partial charge in [0.15, 0.2) is 0 Å². The lowest BCUT2D eigenvalue weighted by atomic mass is 9.65. The van der Waals surface area contributed by atoms with Crippen molar-refractivity contribution in [3.8, 4) is 0 Å². The zero-order valence-electron chi connectivity index (χ0n) is 7.41. The normalized spacial score (nSPS) is 30.0. The van der Waals surface area contributed by atoms with Crippen LogP contribution < -0.4 is 0 Å². The van der Waals surface area contributed by atoms with E-state index in [-0.39, 0.29) is 0 Å². The predicted molar refractivity (Wildman–Crippen MR) is 45.4 cm³/mol. The molecule has 2 radical (unpaired) electrons. The lowest BCUT2D eigenvalue weighted by Crippen LogP contribution is -2.28. The van der Waals surface area contributed by atoms with Crippen molar-refractivity contribution in [2.45, 2.75) is 40.0 Å². The Balaban J connectivity index is 2.56. The van der Waals surface area contributed by atoms with Crippen LogP contribution in [0.25, 0.3) is 0 Å². The van der Waals surface area contributed by atoms with Crippen molar-refractivity contribution in [1.82, 2.24) is 0 Å². The van der Waals surface area contributed by atoms with Crippen LogP contribution in [0.3, 0.4) is 0 Å². The zero-order chi connectivity index (χ0) is 7.83. The Morgan fingerprint density at radius 3 is 2.10 bits per heavy atom. The highest BCUT2D eigenvalue weighted by Gasteiger charge is 2.32. The molecule has 0 bridgehead atoms. The van der Waals surface area contributed by atoms with E-state index < -0.39 is 0 Å². The Labute approximate surface area is 65.0 Å². The second-order valence-electron chi connectivity index (χ2n) is 4.85. The molecule has 1 fully saturated rings. The molecule has 10 heavy (non-hydrogen) atoms. The molecular weight excluding hydrogens is 120 g/mol. The lowest BCUT2D eigenvalue weighted by Gasteiger charge is -2.40. The first-order chi connectivity index (χ1) is 4.41. The number of hydrogen-bond acceptors (Lipinski definition) is 0. The third-order valence-corrected chi connectivity index (χ3v) is 2.24. The van der Waals surface area contributed by atoms with Gasteiger partial charge < -0.3 is 0 Å². The molecule has 1 aliphatic rings. The quantitative estimate of drug-likeness (QED) is 0.482. The molecule has 0 heteroatoms. The van der Waals surface area contributed by atoms with E-state index in [0.29, 0.717) is 10.8 Å². The number of rotatable bonds is 0. The molecule has 1 unspecified atom stereocenters. The molecule has 0 aromatic heterocycles. The Bertz CT molecular complexity index is 106. The first kappa shape index (κ1) is 8.10. The Kier molecular flexibility index (Phi) is 1.82. The highest BCUT2D eigenvalue weighted by Crippen LogP contribution is 2.44. The molecule has 1 rings (SSSR count). The Morgan fingerprint density at radius 1 is 1.20 bits per heavy atom. The lowest BCUT2D eigenvalue weighted by molar-refractivity contribution is 0.173. The van der Waals surface area contributed by atoms with Crippen molar-refractivity contribution >= 4 is 0 Å². The third kappa shape index (κ3) is 2.00. The van der Waals surface area contributed by atoms with Crippen LogP contribution in [0.5, 0.6) is 0 Å². The molecule has 0 amide bonds. The second-order valence-corrected chi connectivity index (χ2v) is 4.85. The fraction of sp³-hybridized carbons (Fsp3) is 0.800. The van der Waals surface area contributed by atoms with Gasteiger partial charge in [-0.1, -0.05) is 20.8 Å². The standard InChI is InChI=1S/C10H18/c1-9(2)6-5-7-10(3,4)8-9/h5H,1,6-8H2,2-4H3. The van der Waals surface area contributed by atoms with E-state index in [2.05, 4.69) is 34.1 Å². The van der Waals surface area contributed by atoms with E-state index in [1.54, 1.807) is 0 Å². The van der Waals surface area contributed by atoms with Gasteiger partial charge in [0.25, 0.3) is 0 Å². The highest BCUT2D eigenvalue weighted by molar-refractivity contribution is 4.95. The maximum atomic E-state index is 4.19. The van der Waals surface area contributed by atoms with Crippen LogP contribution in [0.2, 0.25) is 0 Å². The molecule has 0 heterocycles. The van der Waals surface area contributed by atoms with Crippen LogP contribution >= 0.6 is 0 Å². The molecule has 0 saturated heterocycles. The summed E-state index contributed by atoms with van der Waals surface area (Å²) in [6.45, 7) is 11.1. The maximum absolute atomic E-state index is 4.19. The van der Waals surface area contributed by atoms with E-state index >= 15 is 0 Å². The Morgan fingerprint density at radius 2 is 1.80 bits per heavy atom. The average molecular weight is 138 g/mol. The Hall–Kier alpha value is 0. The van der Waals surface area contributed by atoms with Crippen LogP contribution in [0.15, 0.2) is 0 Å². The monoisotopic (exact) mass is 138 g/mol. The minimum Gasteiger partial charge on any atom is -0.0599 e. The molecule has 58 valence electrons. The van der Waals surface area contributed by atoms with Gasteiger partial charge in [-0.3, -0.25) is 0 Å². The fourth-order valence-corrected chi connectivity index (χ4v) is 2.11. The molecule has 0 nitrogen and oxygen atoms in total. The molecule has 1 aliphatic carbocycles. The van der Waals surface area contributed by atoms with Crippen LogP contribution in [0, 0.1) is 24.2 Å². The van der Waals surface area contributed by atoms with Crippen molar-refractivity contribution in [3.05, 3.63) is 13.3 Å². The van der Waals surface area contributed by atoms with Gasteiger partial charge in [0.05, 0.1) is 0 Å². The SMILES string of the molecule is [CH2]C1(C)C[CH]CC(C)(C)C1. The molecule has 1 atom stereocenters. The van der Waals surface area contributed by atoms with Gasteiger partial charge in [-0.15, -0.1) is 0 Å². The number of hydrogen-bond donors (Lipinski definition) is 0. The summed E-state index contributed by atoms with van der Waals surface area (Å²) < 4.78 is 0. The summed E-state index contributed by atoms with van der Waals surface area (Å²) in [6.07, 6.45) is 6.10. The molecular formula is C10H18. The van der Waals surface area contributed by atoms with Gasteiger partial charge in [-0.05, 0) is 43.4 Å². The van der Waals surface area contributed by atoms with Gasteiger partial charge >= 0.3 is 0 Å². The van der Waals surface area contributed by atoms with Crippen molar-refractivity contribution in [1.29, 1.82) is 0 Å². The summed E-state index contributed by atoms with van der Waals surface area (Å²) in [5, 5.41) is 0. The van der Waals surface area contributed by atoms with Gasteiger partial charge in [0.2, 0.25) is 0 Å². The van der Waals surface area contributed by atoms with E-state index in [0.717, 1.165) is 0 Å². The third-order valence-electron chi connectivity index (χ3n) is 2.24. The van der Waals surface area contributed by atoms with Gasteiger partial charge in [-0.2, -0.15) is 0 Å². The minimum absolute atomic E-state index is 0.307. The summed E-state index contributed by atoms with van der Waals surface area (Å²) in [5.41, 5.74) is 0.802. The van der Waals surface area contributed by atoms with Crippen molar-refractivity contribution in [2.75, 3.05) is 0 Å². The largest absolute Gasteiger partial charge is 0.0599 e. The fourth-order valence-electron chi connectivity index (χ4n) is 2.11. The van der Waals surface area contributed by atoms with E-state index in [1.165, 1.54) is 19.3 Å². The second kappa shape index (κ2) is 2.25. The van der Waals surface area contributed by atoms with Crippen LogP contribution in [0.1, 0.15) is 40.0 Å². The predicted octanol–water partition coefficient (Wildman–Crippen LogP) is 3.24. The van der Waals surface area contributed by atoms with Crippen molar-refractivity contribution < 1.29 is 0 Å². The molecule has 0 spiro atoms. The minimum atomic E-state index is 0.307. The highest BCUT2D eigenvalue weighted by atomic mass is 14.4. The topological polar surface area (TPSA) is 0 Å². The molecule has 1 saturated carbocycles. The summed E-state index contributed by atoms with van der Waals surface area (Å²) in [6, 6.07) is 0. The van der Waals surface area contributed by atoms with Crippen LogP contribution in [0.4, 0.5) is 0 Å². The molecule has 0 aromatic rings. The zero-order valence-corrected chi connectivity index (χ0v) is 7.41. The summed E-state index contributed by atoms with van der Waals surface area (Å²) in [7, 11) is 0. The van der Waals surface area contributed by atoms with E-state index in [9.17, 15) is 0 Å². The van der Waals surface area contributed by atoms with Crippen LogP contribution in [-0.4, -0.2) is 0 Å². The van der Waals surface area contributed by atoms with E-state index in [1.807, 2.05) is 0 Å². The van der Waals surface area contributed by atoms with Gasteiger partial charge in [-0.25, -0.2) is 0 Å². The van der Waals surface area contributed by atoms with Crippen molar-refractivity contribution in [2.24, 2.45) is 10.8 Å². The molecule has 0 N–H and O–H groups in total. The van der Waals surface area contributed by atoms with Gasteiger partial charge in [0, 0.05) is 0 Å². The van der Waals surface area contributed by atoms with Crippen molar-refractivity contribution in [3.63, 3.8) is 0 Å². The summed E-state index contributed by atoms with van der Waals surface area (Å²) >= 11 is 0. The van der Waals surface area contributed by atoms with Gasteiger partial charge in [0.1, 0.15) is 0 Å².